The minimum atomic E-state index is -2.40. The summed E-state index contributed by atoms with van der Waals surface area (Å²) >= 11 is 0. The van der Waals surface area contributed by atoms with Crippen molar-refractivity contribution in [2.45, 2.75) is 173 Å². The Kier molecular flexibility index (Phi) is 14.0. The summed E-state index contributed by atoms with van der Waals surface area (Å²) in [6, 6.07) is 3.71. The molecule has 2 bridgehead atoms. The van der Waals surface area contributed by atoms with E-state index in [0.717, 1.165) is 11.1 Å². The fourth-order valence-electron chi connectivity index (χ4n) is 8.35. The van der Waals surface area contributed by atoms with Gasteiger partial charge in [-0.2, -0.15) is 0 Å². The summed E-state index contributed by atoms with van der Waals surface area (Å²) in [5.41, 5.74) is -1.90. The number of esters is 2. The number of piperidine rings is 1. The largest absolute Gasteiger partial charge is 0.541 e. The standard InChI is InChI=1S/C45H67N3O14Si/c1-26(55-39(53)60-41(3,4)5)37(51)46-22-18-32(49)57-30-17-20-45(59-33(50)19-23-47-38(52)27(2)56-40(54)61-42(6,7)8)31-25-28-15-16-29(62-63(13,14)43(9,10)11)35-34(28)44(45,36(30)58-35)21-24-48(31)12/h15-17,26-27,31,36H,18-25H2,1-14H3,(H,46,51)(H,47,52)/t26-,27-,31+,36-,44-,45+/m0/s1. The first kappa shape index (κ1) is 49.2. The Bertz CT molecular complexity index is 2000. The summed E-state index contributed by atoms with van der Waals surface area (Å²) in [7, 11) is -0.405. The molecule has 0 aromatic heterocycles. The zero-order valence-electron chi connectivity index (χ0n) is 39.4. The van der Waals surface area contributed by atoms with E-state index >= 15 is 0 Å². The molecule has 18 heteroatoms. The quantitative estimate of drug-likeness (QED) is 0.122. The average Bonchev–Trinajstić information content (AvgIpc) is 3.49. The van der Waals surface area contributed by atoms with Gasteiger partial charge in [0, 0.05) is 25.1 Å². The molecule has 2 amide bonds. The molecule has 5 rings (SSSR count). The van der Waals surface area contributed by atoms with E-state index in [2.05, 4.69) is 55.5 Å². The number of carbonyl (C=O) groups excluding carboxylic acids is 6. The predicted octanol–water partition coefficient (Wildman–Crippen LogP) is 6.14. The zero-order chi connectivity index (χ0) is 47.1. The van der Waals surface area contributed by atoms with E-state index in [1.54, 1.807) is 47.6 Å². The Morgan fingerprint density at radius 3 is 1.90 bits per heavy atom. The van der Waals surface area contributed by atoms with Gasteiger partial charge in [-0.15, -0.1) is 0 Å². The van der Waals surface area contributed by atoms with Crippen LogP contribution in [0.1, 0.15) is 113 Å². The lowest BCUT2D eigenvalue weighted by Crippen LogP contribution is -2.75. The molecule has 1 aromatic carbocycles. The van der Waals surface area contributed by atoms with Crippen molar-refractivity contribution in [1.82, 2.24) is 15.5 Å². The highest BCUT2D eigenvalue weighted by molar-refractivity contribution is 6.74. The van der Waals surface area contributed by atoms with Crippen LogP contribution in [-0.2, 0) is 59.4 Å². The van der Waals surface area contributed by atoms with Gasteiger partial charge in [0.15, 0.2) is 24.1 Å². The summed E-state index contributed by atoms with van der Waals surface area (Å²) < 4.78 is 47.2. The average molecular weight is 902 g/mol. The second-order valence-corrected chi connectivity index (χ2v) is 25.1. The van der Waals surface area contributed by atoms with Crippen molar-refractivity contribution in [3.8, 4) is 11.5 Å². The van der Waals surface area contributed by atoms with Gasteiger partial charge in [0.05, 0.1) is 24.3 Å². The molecule has 63 heavy (non-hydrogen) atoms. The topological polar surface area (TPSA) is 204 Å². The van der Waals surface area contributed by atoms with Crippen molar-refractivity contribution in [3.05, 3.63) is 35.1 Å². The minimum Gasteiger partial charge on any atom is -0.541 e. The van der Waals surface area contributed by atoms with E-state index in [1.165, 1.54) is 13.8 Å². The predicted molar refractivity (Wildman–Crippen MR) is 232 cm³/mol. The van der Waals surface area contributed by atoms with E-state index in [-0.39, 0.29) is 49.2 Å². The molecule has 350 valence electrons. The van der Waals surface area contributed by atoms with E-state index in [4.69, 9.17) is 37.6 Å². The van der Waals surface area contributed by atoms with Crippen LogP contribution in [0.5, 0.6) is 11.5 Å². The zero-order valence-corrected chi connectivity index (χ0v) is 40.4. The fourth-order valence-corrected chi connectivity index (χ4v) is 9.36. The van der Waals surface area contributed by atoms with Crippen LogP contribution in [0.4, 0.5) is 9.59 Å². The Labute approximate surface area is 371 Å². The molecule has 1 aromatic rings. The summed E-state index contributed by atoms with van der Waals surface area (Å²) in [5.74, 6) is -1.05. The Morgan fingerprint density at radius 2 is 1.38 bits per heavy atom. The molecule has 17 nitrogen and oxygen atoms in total. The molecular formula is C45H67N3O14Si. The molecule has 1 saturated heterocycles. The van der Waals surface area contributed by atoms with Gasteiger partial charge in [-0.3, -0.25) is 24.1 Å². The second kappa shape index (κ2) is 18.0. The molecule has 1 fully saturated rings. The number of likely N-dealkylation sites (N-methyl/N-ethyl adjacent to an activating group) is 1. The highest BCUT2D eigenvalue weighted by atomic mass is 28.4. The number of nitrogens with zero attached hydrogens (tertiary/aromatic N) is 1. The molecular weight excluding hydrogens is 835 g/mol. The maximum atomic E-state index is 14.0. The monoisotopic (exact) mass is 901 g/mol. The van der Waals surface area contributed by atoms with Crippen LogP contribution in [0, 0.1) is 0 Å². The normalized spacial score (nSPS) is 23.6. The van der Waals surface area contributed by atoms with Gasteiger partial charge in [0.1, 0.15) is 28.3 Å². The minimum absolute atomic E-state index is 0.0866. The molecule has 0 radical (unpaired) electrons. The number of amides is 2. The van der Waals surface area contributed by atoms with Gasteiger partial charge in [0.25, 0.3) is 20.1 Å². The van der Waals surface area contributed by atoms with Gasteiger partial charge in [0.2, 0.25) is 0 Å². The molecule has 6 atom stereocenters. The van der Waals surface area contributed by atoms with Crippen LogP contribution < -0.4 is 19.8 Å². The van der Waals surface area contributed by atoms with Crippen molar-refractivity contribution >= 4 is 44.4 Å². The van der Waals surface area contributed by atoms with Gasteiger partial charge >= 0.3 is 24.2 Å². The van der Waals surface area contributed by atoms with Crippen LogP contribution in [0.25, 0.3) is 0 Å². The van der Waals surface area contributed by atoms with Gasteiger partial charge in [-0.1, -0.05) is 26.8 Å². The Hall–Kier alpha value is -4.84. The molecule has 0 unspecified atom stereocenters. The number of benzene rings is 1. The van der Waals surface area contributed by atoms with Gasteiger partial charge < -0.3 is 48.2 Å². The van der Waals surface area contributed by atoms with E-state index < -0.39 is 84.9 Å². The summed E-state index contributed by atoms with van der Waals surface area (Å²) in [4.78, 5) is 79.5. The van der Waals surface area contributed by atoms with Crippen LogP contribution in [-0.4, -0.2) is 117 Å². The van der Waals surface area contributed by atoms with Crippen molar-refractivity contribution in [3.63, 3.8) is 0 Å². The highest BCUT2D eigenvalue weighted by Crippen LogP contribution is 2.67. The molecule has 1 spiro atoms. The van der Waals surface area contributed by atoms with Crippen molar-refractivity contribution in [1.29, 1.82) is 0 Å². The fraction of sp³-hybridized carbons (Fsp3) is 0.689. The number of nitrogens with one attached hydrogen (secondary N) is 2. The molecule has 4 aliphatic rings. The number of hydrogen-bond donors (Lipinski definition) is 2. The Morgan fingerprint density at radius 1 is 0.841 bits per heavy atom. The lowest BCUT2D eigenvalue weighted by molar-refractivity contribution is -0.206. The maximum Gasteiger partial charge on any atom is 0.509 e. The van der Waals surface area contributed by atoms with Gasteiger partial charge in [-0.25, -0.2) is 9.59 Å². The molecule has 2 heterocycles. The molecule has 2 aliphatic heterocycles. The summed E-state index contributed by atoms with van der Waals surface area (Å²) in [6.45, 7) is 24.1. The summed E-state index contributed by atoms with van der Waals surface area (Å²) in [5, 5.41) is 5.12. The van der Waals surface area contributed by atoms with Crippen LogP contribution in [0.15, 0.2) is 24.0 Å². The third kappa shape index (κ3) is 10.6. The van der Waals surface area contributed by atoms with E-state index in [0.29, 0.717) is 30.9 Å². The first-order valence-corrected chi connectivity index (χ1v) is 24.6. The van der Waals surface area contributed by atoms with Gasteiger partial charge in [-0.05, 0) is 118 Å². The lowest BCUT2D eigenvalue weighted by atomic mass is 9.50. The van der Waals surface area contributed by atoms with E-state index in [9.17, 15) is 28.8 Å². The number of ether oxygens (including phenoxy) is 7. The smallest absolute Gasteiger partial charge is 0.509 e. The summed E-state index contributed by atoms with van der Waals surface area (Å²) in [6.07, 6.45) is -2.64. The first-order chi connectivity index (χ1) is 29.0. The third-order valence-corrected chi connectivity index (χ3v) is 16.7. The van der Waals surface area contributed by atoms with Crippen LogP contribution in [0.2, 0.25) is 18.1 Å². The third-order valence-electron chi connectivity index (χ3n) is 12.3. The Balaban J connectivity index is 1.39. The lowest BCUT2D eigenvalue weighted by Gasteiger charge is -2.62. The van der Waals surface area contributed by atoms with E-state index in [1.807, 2.05) is 13.1 Å². The molecule has 0 saturated carbocycles. The number of hydrogen-bond acceptors (Lipinski definition) is 15. The number of rotatable bonds is 14. The van der Waals surface area contributed by atoms with Crippen LogP contribution >= 0.6 is 0 Å². The molecule has 2 N–H and O–H groups in total. The molecule has 2 aliphatic carbocycles. The van der Waals surface area contributed by atoms with Crippen molar-refractivity contribution < 1.29 is 66.4 Å². The maximum absolute atomic E-state index is 14.0. The van der Waals surface area contributed by atoms with Crippen molar-refractivity contribution in [2.75, 3.05) is 26.7 Å². The highest BCUT2D eigenvalue weighted by Gasteiger charge is 2.74. The second-order valence-electron chi connectivity index (χ2n) is 20.4. The SMILES string of the molecule is C[C@H](OC(=O)OC(C)(C)C)C(=O)NCCC(=O)OC1=CC[C@@]2(OC(=O)CCNC(=O)[C@H](C)OC(=O)OC(C)(C)C)[C@H]3Cc4ccc(O[Si](C)(C)C(C)(C)C)c5c4[C@@]2(CCN3C)[C@H]1O5. The first-order valence-electron chi connectivity index (χ1n) is 21.7. The van der Waals surface area contributed by atoms with Crippen LogP contribution in [0.3, 0.4) is 0 Å². The van der Waals surface area contributed by atoms with Crippen molar-refractivity contribution in [2.24, 2.45) is 0 Å². The number of carbonyl (C=O) groups is 6. The number of likely N-dealkylation sites (tertiary alicyclic amines) is 1.